The van der Waals surface area contributed by atoms with Crippen LogP contribution in [0.15, 0.2) is 18.2 Å². The zero-order valence-electron chi connectivity index (χ0n) is 11.1. The molecule has 0 aromatic heterocycles. The molecule has 1 aromatic carbocycles. The molecule has 0 fully saturated rings. The Balaban J connectivity index is 2.61. The van der Waals surface area contributed by atoms with Crippen molar-refractivity contribution in [3.63, 3.8) is 0 Å². The van der Waals surface area contributed by atoms with Gasteiger partial charge in [0.2, 0.25) is 5.91 Å². The van der Waals surface area contributed by atoms with Crippen LogP contribution in [-0.2, 0) is 9.59 Å². The molecule has 4 N–H and O–H groups in total. The lowest BCUT2D eigenvalue weighted by molar-refractivity contribution is -0.141. The number of carbonyl (C=O) groups is 2. The van der Waals surface area contributed by atoms with E-state index in [4.69, 9.17) is 33.4 Å². The van der Waals surface area contributed by atoms with Crippen LogP contribution < -0.4 is 10.6 Å². The molecule has 0 saturated carbocycles. The molecule has 1 aromatic rings. The SMILES string of the molecule is O=C(C[C@@H](NCCCO)C(=O)O)Nc1cccc(Cl)c1Cl. The Kier molecular flexibility index (Phi) is 7.45. The van der Waals surface area contributed by atoms with Crippen molar-refractivity contribution in [2.24, 2.45) is 0 Å². The van der Waals surface area contributed by atoms with E-state index in [0.717, 1.165) is 0 Å². The van der Waals surface area contributed by atoms with Gasteiger partial charge in [0.15, 0.2) is 0 Å². The highest BCUT2D eigenvalue weighted by Gasteiger charge is 2.21. The fourth-order valence-corrected chi connectivity index (χ4v) is 1.94. The predicted octanol–water partition coefficient (Wildman–Crippen LogP) is 1.75. The van der Waals surface area contributed by atoms with Crippen LogP contribution >= 0.6 is 23.2 Å². The van der Waals surface area contributed by atoms with Gasteiger partial charge >= 0.3 is 5.97 Å². The second-order valence-corrected chi connectivity index (χ2v) is 5.06. The van der Waals surface area contributed by atoms with E-state index in [-0.39, 0.29) is 18.1 Å². The van der Waals surface area contributed by atoms with Gasteiger partial charge in [-0.25, -0.2) is 0 Å². The van der Waals surface area contributed by atoms with Gasteiger partial charge in [-0.15, -0.1) is 0 Å². The van der Waals surface area contributed by atoms with E-state index < -0.39 is 17.9 Å². The molecule has 0 heterocycles. The van der Waals surface area contributed by atoms with Crippen LogP contribution in [0.25, 0.3) is 0 Å². The van der Waals surface area contributed by atoms with Gasteiger partial charge in [-0.3, -0.25) is 9.59 Å². The summed E-state index contributed by atoms with van der Waals surface area (Å²) >= 11 is 11.8. The molecule has 8 heteroatoms. The van der Waals surface area contributed by atoms with Crippen LogP contribution in [0, 0.1) is 0 Å². The van der Waals surface area contributed by atoms with E-state index in [1.54, 1.807) is 18.2 Å². The third-order valence-corrected chi connectivity index (χ3v) is 3.46. The quantitative estimate of drug-likeness (QED) is 0.543. The minimum atomic E-state index is -1.14. The summed E-state index contributed by atoms with van der Waals surface area (Å²) in [5.41, 5.74) is 0.327. The summed E-state index contributed by atoms with van der Waals surface area (Å²) in [4.78, 5) is 22.9. The van der Waals surface area contributed by atoms with Crippen LogP contribution in [0.4, 0.5) is 5.69 Å². The van der Waals surface area contributed by atoms with E-state index in [1.807, 2.05) is 0 Å². The van der Waals surface area contributed by atoms with Gasteiger partial charge in [0, 0.05) is 6.61 Å². The van der Waals surface area contributed by atoms with E-state index in [2.05, 4.69) is 10.6 Å². The summed E-state index contributed by atoms with van der Waals surface area (Å²) in [5.74, 6) is -1.64. The number of carboxylic acid groups (broad SMARTS) is 1. The van der Waals surface area contributed by atoms with E-state index in [9.17, 15) is 9.59 Å². The van der Waals surface area contributed by atoms with Gasteiger partial charge in [0.1, 0.15) is 6.04 Å². The number of aliphatic hydroxyl groups excluding tert-OH is 1. The molecule has 116 valence electrons. The standard InChI is InChI=1S/C13H16Cl2N2O4/c14-8-3-1-4-9(12(8)15)17-11(19)7-10(13(20)21)16-5-2-6-18/h1,3-4,10,16,18H,2,5-7H2,(H,17,19)(H,20,21)/t10-/m1/s1. The summed E-state index contributed by atoms with van der Waals surface area (Å²) in [5, 5.41) is 23.4. The van der Waals surface area contributed by atoms with Crippen molar-refractivity contribution < 1.29 is 19.8 Å². The smallest absolute Gasteiger partial charge is 0.321 e. The Hall–Kier alpha value is -1.34. The van der Waals surface area contributed by atoms with Crippen molar-refractivity contribution in [1.82, 2.24) is 5.32 Å². The second-order valence-electron chi connectivity index (χ2n) is 4.28. The number of hydrogen-bond donors (Lipinski definition) is 4. The number of amides is 1. The van der Waals surface area contributed by atoms with E-state index in [1.165, 1.54) is 0 Å². The molecular formula is C13H16Cl2N2O4. The topological polar surface area (TPSA) is 98.7 Å². The van der Waals surface area contributed by atoms with Gasteiger partial charge in [-0.05, 0) is 25.1 Å². The van der Waals surface area contributed by atoms with E-state index >= 15 is 0 Å². The minimum absolute atomic E-state index is 0.0519. The number of rotatable bonds is 8. The van der Waals surface area contributed by atoms with Crippen molar-refractivity contribution in [3.05, 3.63) is 28.2 Å². The molecular weight excluding hydrogens is 319 g/mol. The van der Waals surface area contributed by atoms with Crippen molar-refractivity contribution in [2.75, 3.05) is 18.5 Å². The Bertz CT molecular complexity index is 511. The van der Waals surface area contributed by atoms with Crippen LogP contribution in [0.1, 0.15) is 12.8 Å². The Morgan fingerprint density at radius 1 is 1.29 bits per heavy atom. The molecule has 0 saturated heterocycles. The molecule has 0 aliphatic heterocycles. The summed E-state index contributed by atoms with van der Waals surface area (Å²) < 4.78 is 0. The Morgan fingerprint density at radius 3 is 2.62 bits per heavy atom. The third kappa shape index (κ3) is 5.89. The maximum absolute atomic E-state index is 11.9. The zero-order chi connectivity index (χ0) is 15.8. The molecule has 0 bridgehead atoms. The fraction of sp³-hybridized carbons (Fsp3) is 0.385. The predicted molar refractivity (Wildman–Crippen MR) is 80.8 cm³/mol. The number of nitrogens with one attached hydrogen (secondary N) is 2. The summed E-state index contributed by atoms with van der Waals surface area (Å²) in [6.45, 7) is 0.252. The molecule has 21 heavy (non-hydrogen) atoms. The van der Waals surface area contributed by atoms with Gasteiger partial charge < -0.3 is 20.8 Å². The van der Waals surface area contributed by atoms with Crippen molar-refractivity contribution >= 4 is 40.8 Å². The number of aliphatic hydroxyl groups is 1. The van der Waals surface area contributed by atoms with Gasteiger partial charge in [0.25, 0.3) is 0 Å². The number of anilines is 1. The zero-order valence-corrected chi connectivity index (χ0v) is 12.6. The molecule has 1 atom stereocenters. The minimum Gasteiger partial charge on any atom is -0.480 e. The number of carbonyl (C=O) groups excluding carboxylic acids is 1. The lowest BCUT2D eigenvalue weighted by Gasteiger charge is -2.14. The molecule has 0 aliphatic rings. The normalized spacial score (nSPS) is 12.0. The second kappa shape index (κ2) is 8.84. The maximum Gasteiger partial charge on any atom is 0.321 e. The maximum atomic E-state index is 11.9. The van der Waals surface area contributed by atoms with Crippen molar-refractivity contribution in [3.8, 4) is 0 Å². The Labute approximate surface area is 132 Å². The summed E-state index contributed by atoms with van der Waals surface area (Å²) in [6.07, 6.45) is 0.148. The van der Waals surface area contributed by atoms with Crippen LogP contribution in [-0.4, -0.2) is 41.3 Å². The first-order valence-electron chi connectivity index (χ1n) is 6.26. The first-order chi connectivity index (χ1) is 9.95. The number of halogens is 2. The lowest BCUT2D eigenvalue weighted by atomic mass is 10.2. The highest BCUT2D eigenvalue weighted by atomic mass is 35.5. The fourth-order valence-electron chi connectivity index (χ4n) is 1.59. The van der Waals surface area contributed by atoms with Crippen LogP contribution in [0.2, 0.25) is 10.0 Å². The summed E-state index contributed by atoms with van der Waals surface area (Å²) in [7, 11) is 0. The number of hydrogen-bond acceptors (Lipinski definition) is 4. The lowest BCUT2D eigenvalue weighted by Crippen LogP contribution is -2.40. The Morgan fingerprint density at radius 2 is 2.00 bits per heavy atom. The molecule has 1 rings (SSSR count). The van der Waals surface area contributed by atoms with E-state index in [0.29, 0.717) is 23.7 Å². The molecule has 0 radical (unpaired) electrons. The average molecular weight is 335 g/mol. The molecule has 1 amide bonds. The average Bonchev–Trinajstić information content (AvgIpc) is 2.43. The third-order valence-electron chi connectivity index (χ3n) is 2.64. The van der Waals surface area contributed by atoms with Gasteiger partial charge in [0.05, 0.1) is 22.2 Å². The first kappa shape index (κ1) is 17.7. The molecule has 0 aliphatic carbocycles. The van der Waals surface area contributed by atoms with Crippen LogP contribution in [0.5, 0.6) is 0 Å². The monoisotopic (exact) mass is 334 g/mol. The largest absolute Gasteiger partial charge is 0.480 e. The number of benzene rings is 1. The van der Waals surface area contributed by atoms with Gasteiger partial charge in [-0.2, -0.15) is 0 Å². The van der Waals surface area contributed by atoms with Crippen molar-refractivity contribution in [1.29, 1.82) is 0 Å². The molecule has 0 unspecified atom stereocenters. The van der Waals surface area contributed by atoms with Gasteiger partial charge in [-0.1, -0.05) is 29.3 Å². The highest BCUT2D eigenvalue weighted by molar-refractivity contribution is 6.43. The molecule has 0 spiro atoms. The number of carboxylic acids is 1. The highest BCUT2D eigenvalue weighted by Crippen LogP contribution is 2.29. The molecule has 6 nitrogen and oxygen atoms in total. The first-order valence-corrected chi connectivity index (χ1v) is 7.02. The van der Waals surface area contributed by atoms with Crippen LogP contribution in [0.3, 0.4) is 0 Å². The van der Waals surface area contributed by atoms with Crippen molar-refractivity contribution in [2.45, 2.75) is 18.9 Å². The summed E-state index contributed by atoms with van der Waals surface area (Å²) in [6, 6.07) is 3.74. The number of aliphatic carboxylic acids is 1.